The van der Waals surface area contributed by atoms with Gasteiger partial charge in [0, 0.05) is 19.0 Å². The van der Waals surface area contributed by atoms with Crippen molar-refractivity contribution in [1.82, 2.24) is 4.31 Å². The van der Waals surface area contributed by atoms with Crippen molar-refractivity contribution in [3.05, 3.63) is 29.6 Å². The summed E-state index contributed by atoms with van der Waals surface area (Å²) >= 11 is 5.67. The molecule has 112 valence electrons. The molecule has 0 saturated carbocycles. The quantitative estimate of drug-likeness (QED) is 0.768. The highest BCUT2D eigenvalue weighted by Crippen LogP contribution is 2.24. The van der Waals surface area contributed by atoms with Gasteiger partial charge in [-0.2, -0.15) is 4.31 Å². The van der Waals surface area contributed by atoms with Gasteiger partial charge in [0.25, 0.3) is 0 Å². The third-order valence-electron chi connectivity index (χ3n) is 3.09. The van der Waals surface area contributed by atoms with E-state index in [1.54, 1.807) is 0 Å². The van der Waals surface area contributed by atoms with E-state index in [1.165, 1.54) is 6.07 Å². The van der Waals surface area contributed by atoms with Gasteiger partial charge in [-0.15, -0.1) is 11.6 Å². The van der Waals surface area contributed by atoms with Gasteiger partial charge in [0.2, 0.25) is 10.0 Å². The maximum atomic E-state index is 13.3. The summed E-state index contributed by atoms with van der Waals surface area (Å²) in [6.07, 6.45) is 0. The largest absolute Gasteiger partial charge is 0.243 e. The van der Waals surface area contributed by atoms with E-state index in [9.17, 15) is 21.2 Å². The molecule has 1 aromatic rings. The molecule has 1 aliphatic rings. The topological polar surface area (TPSA) is 71.5 Å². The highest BCUT2D eigenvalue weighted by Gasteiger charge is 2.32. The Balaban J connectivity index is 2.39. The van der Waals surface area contributed by atoms with E-state index in [-0.39, 0.29) is 35.4 Å². The smallest absolute Gasteiger partial charge is 0.229 e. The summed E-state index contributed by atoms with van der Waals surface area (Å²) in [7, 11) is -7.12. The third-order valence-corrected chi connectivity index (χ3v) is 6.97. The number of benzene rings is 1. The number of hydrogen-bond acceptors (Lipinski definition) is 4. The summed E-state index contributed by atoms with van der Waals surface area (Å²) < 4.78 is 61.9. The van der Waals surface area contributed by atoms with Crippen molar-refractivity contribution in [2.45, 2.75) is 10.8 Å². The van der Waals surface area contributed by atoms with Gasteiger partial charge in [0.05, 0.1) is 16.4 Å². The second kappa shape index (κ2) is 5.59. The van der Waals surface area contributed by atoms with Gasteiger partial charge < -0.3 is 0 Å². The lowest BCUT2D eigenvalue weighted by molar-refractivity contribution is 0.430. The lowest BCUT2D eigenvalue weighted by Gasteiger charge is -2.26. The molecule has 0 aromatic heterocycles. The summed E-state index contributed by atoms with van der Waals surface area (Å²) in [6, 6.07) is 3.36. The predicted molar refractivity (Wildman–Crippen MR) is 73.4 cm³/mol. The Morgan fingerprint density at radius 2 is 1.85 bits per heavy atom. The van der Waals surface area contributed by atoms with Gasteiger partial charge >= 0.3 is 0 Å². The van der Waals surface area contributed by atoms with E-state index >= 15 is 0 Å². The van der Waals surface area contributed by atoms with Crippen LogP contribution in [0, 0.1) is 5.82 Å². The minimum atomic E-state index is -3.93. The summed E-state index contributed by atoms with van der Waals surface area (Å²) in [5, 5.41) is 0. The van der Waals surface area contributed by atoms with Crippen molar-refractivity contribution < 1.29 is 21.2 Å². The molecule has 0 radical (unpaired) electrons. The van der Waals surface area contributed by atoms with Gasteiger partial charge in [-0.05, 0) is 17.7 Å². The van der Waals surface area contributed by atoms with E-state index in [2.05, 4.69) is 0 Å². The lowest BCUT2D eigenvalue weighted by Crippen LogP contribution is -2.43. The zero-order valence-corrected chi connectivity index (χ0v) is 12.8. The minimum absolute atomic E-state index is 0.0685. The van der Waals surface area contributed by atoms with Crippen molar-refractivity contribution in [1.29, 1.82) is 0 Å². The number of hydrogen-bond donors (Lipinski definition) is 0. The van der Waals surface area contributed by atoms with Gasteiger partial charge in [-0.25, -0.2) is 21.2 Å². The summed E-state index contributed by atoms with van der Waals surface area (Å²) in [5.74, 6) is -1.20. The normalized spacial score (nSPS) is 19.9. The highest BCUT2D eigenvalue weighted by atomic mass is 35.5. The van der Waals surface area contributed by atoms with Crippen molar-refractivity contribution in [2.24, 2.45) is 0 Å². The van der Waals surface area contributed by atoms with Crippen LogP contribution in [-0.4, -0.2) is 45.7 Å². The summed E-state index contributed by atoms with van der Waals surface area (Å²) in [6.45, 7) is -0.244. The third kappa shape index (κ3) is 3.13. The van der Waals surface area contributed by atoms with E-state index in [0.29, 0.717) is 5.56 Å². The van der Waals surface area contributed by atoms with Gasteiger partial charge in [-0.1, -0.05) is 6.07 Å². The second-order valence-electron chi connectivity index (χ2n) is 4.44. The zero-order valence-electron chi connectivity index (χ0n) is 10.4. The zero-order chi connectivity index (χ0) is 15.0. The molecule has 0 spiro atoms. The molecule has 1 heterocycles. The van der Waals surface area contributed by atoms with Crippen molar-refractivity contribution >= 4 is 31.5 Å². The average Bonchev–Trinajstić information content (AvgIpc) is 2.38. The maximum absolute atomic E-state index is 13.3. The van der Waals surface area contributed by atoms with Gasteiger partial charge in [0.1, 0.15) is 5.82 Å². The first-order valence-corrected chi connectivity index (χ1v) is 9.61. The molecule has 9 heteroatoms. The fourth-order valence-electron chi connectivity index (χ4n) is 1.95. The molecule has 0 amide bonds. The fourth-order valence-corrected chi connectivity index (χ4v) is 5.37. The Morgan fingerprint density at radius 1 is 1.25 bits per heavy atom. The molecule has 0 aliphatic carbocycles. The van der Waals surface area contributed by atoms with Crippen LogP contribution in [-0.2, 0) is 25.7 Å². The molecule has 0 unspecified atom stereocenters. The number of rotatable bonds is 3. The number of nitrogens with zero attached hydrogens (tertiary/aromatic N) is 1. The Labute approximate surface area is 122 Å². The van der Waals surface area contributed by atoms with Crippen LogP contribution in [0.4, 0.5) is 4.39 Å². The van der Waals surface area contributed by atoms with E-state index in [0.717, 1.165) is 16.4 Å². The van der Waals surface area contributed by atoms with Crippen LogP contribution in [0.1, 0.15) is 5.56 Å². The summed E-state index contributed by atoms with van der Waals surface area (Å²) in [5.41, 5.74) is 0.293. The Hall–Kier alpha value is -0.700. The first kappa shape index (κ1) is 15.7. The molecule has 0 atom stereocenters. The second-order valence-corrected chi connectivity index (χ2v) is 8.92. The number of sulfonamides is 1. The van der Waals surface area contributed by atoms with Crippen LogP contribution in [0.3, 0.4) is 0 Å². The monoisotopic (exact) mass is 341 g/mol. The molecular weight excluding hydrogens is 329 g/mol. The number of halogens is 2. The molecule has 0 bridgehead atoms. The number of sulfone groups is 1. The van der Waals surface area contributed by atoms with Gasteiger partial charge in [-0.3, -0.25) is 0 Å². The van der Waals surface area contributed by atoms with Crippen molar-refractivity contribution in [3.8, 4) is 0 Å². The lowest BCUT2D eigenvalue weighted by atomic mass is 10.2. The van der Waals surface area contributed by atoms with E-state index in [4.69, 9.17) is 11.6 Å². The molecule has 1 fully saturated rings. The average molecular weight is 342 g/mol. The SMILES string of the molecule is O=S1(=O)CCN(S(=O)(=O)c2cc(F)ccc2CCl)CC1. The first-order chi connectivity index (χ1) is 9.26. The molecule has 2 rings (SSSR count). The Morgan fingerprint density at radius 3 is 2.40 bits per heavy atom. The van der Waals surface area contributed by atoms with Crippen LogP contribution in [0.25, 0.3) is 0 Å². The number of alkyl halides is 1. The van der Waals surface area contributed by atoms with E-state index in [1.807, 2.05) is 0 Å². The van der Waals surface area contributed by atoms with Crippen LogP contribution in [0.15, 0.2) is 23.1 Å². The highest BCUT2D eigenvalue weighted by molar-refractivity contribution is 7.92. The predicted octanol–water partition coefficient (Wildman–Crippen LogP) is 0.984. The fraction of sp³-hybridized carbons (Fsp3) is 0.455. The molecule has 5 nitrogen and oxygen atoms in total. The molecule has 1 aliphatic heterocycles. The molecular formula is C11H13ClFNO4S2. The molecule has 1 saturated heterocycles. The first-order valence-electron chi connectivity index (χ1n) is 5.81. The standard InChI is InChI=1S/C11H13ClFNO4S2/c12-8-9-1-2-10(13)7-11(9)20(17,18)14-3-5-19(15,16)6-4-14/h1-2,7H,3-6,8H2. The van der Waals surface area contributed by atoms with Crippen LogP contribution >= 0.6 is 11.6 Å². The maximum Gasteiger partial charge on any atom is 0.243 e. The van der Waals surface area contributed by atoms with Gasteiger partial charge in [0.15, 0.2) is 9.84 Å². The molecule has 1 aromatic carbocycles. The Kier molecular flexibility index (Phi) is 4.38. The van der Waals surface area contributed by atoms with Crippen LogP contribution in [0.5, 0.6) is 0 Å². The van der Waals surface area contributed by atoms with E-state index < -0.39 is 25.7 Å². The van der Waals surface area contributed by atoms with Crippen molar-refractivity contribution in [3.63, 3.8) is 0 Å². The van der Waals surface area contributed by atoms with Crippen LogP contribution in [0.2, 0.25) is 0 Å². The molecule has 0 N–H and O–H groups in total. The molecule has 20 heavy (non-hydrogen) atoms. The summed E-state index contributed by atoms with van der Waals surface area (Å²) in [4.78, 5) is -0.202. The minimum Gasteiger partial charge on any atom is -0.229 e. The Bertz CT molecular complexity index is 704. The van der Waals surface area contributed by atoms with Crippen molar-refractivity contribution in [2.75, 3.05) is 24.6 Å². The van der Waals surface area contributed by atoms with Crippen LogP contribution < -0.4 is 0 Å².